The smallest absolute Gasteiger partial charge is 0.243 e. The predicted molar refractivity (Wildman–Crippen MR) is 83.7 cm³/mol. The van der Waals surface area contributed by atoms with Crippen molar-refractivity contribution in [1.82, 2.24) is 4.31 Å². The van der Waals surface area contributed by atoms with Crippen LogP contribution in [-0.2, 0) is 10.0 Å². The average molecular weight is 330 g/mol. The van der Waals surface area contributed by atoms with E-state index in [1.165, 1.54) is 10.4 Å². The van der Waals surface area contributed by atoms with Gasteiger partial charge in [0, 0.05) is 12.6 Å². The van der Waals surface area contributed by atoms with E-state index in [2.05, 4.69) is 0 Å². The fourth-order valence-corrected chi connectivity index (χ4v) is 4.48. The summed E-state index contributed by atoms with van der Waals surface area (Å²) in [6.45, 7) is 4.62. The summed E-state index contributed by atoms with van der Waals surface area (Å²) in [5, 5.41) is 8.91. The maximum atomic E-state index is 12.7. The van der Waals surface area contributed by atoms with Crippen LogP contribution in [0.25, 0.3) is 0 Å². The number of hydrogen-bond acceptors (Lipinski definition) is 4. The van der Waals surface area contributed by atoms with Gasteiger partial charge < -0.3 is 5.73 Å². The first-order valence-corrected chi connectivity index (χ1v) is 8.06. The first kappa shape index (κ1) is 17.9. The second-order valence-corrected chi connectivity index (χ2v) is 7.24. The fraction of sp³-hybridized carbons (Fsp3) is 0.500. The molecule has 1 aromatic carbocycles. The maximum absolute atomic E-state index is 12.7. The van der Waals surface area contributed by atoms with E-state index in [0.29, 0.717) is 24.2 Å². The minimum absolute atomic E-state index is 0. The highest BCUT2D eigenvalue weighted by molar-refractivity contribution is 7.89. The number of hydrogen-bond donors (Lipinski definition) is 1. The van der Waals surface area contributed by atoms with Gasteiger partial charge in [-0.1, -0.05) is 0 Å². The van der Waals surface area contributed by atoms with Crippen LogP contribution in [0.2, 0.25) is 0 Å². The standard InChI is InChI=1S/C14H19N3O2S.ClH/c1-10-5-14(4-3-13(10)8-16)20(18,19)17-9-12(7-15)6-11(17)2;/h3-5,11-12H,6-7,9,15H2,1-2H3;1H. The molecule has 2 N–H and O–H groups in total. The van der Waals surface area contributed by atoms with Gasteiger partial charge in [0.05, 0.1) is 16.5 Å². The zero-order valence-corrected chi connectivity index (χ0v) is 13.7. The molecule has 0 amide bonds. The topological polar surface area (TPSA) is 87.2 Å². The molecule has 0 saturated carbocycles. The highest BCUT2D eigenvalue weighted by atomic mass is 35.5. The van der Waals surface area contributed by atoms with Crippen molar-refractivity contribution in [3.05, 3.63) is 29.3 Å². The fourth-order valence-electron chi connectivity index (χ4n) is 2.67. The van der Waals surface area contributed by atoms with Crippen LogP contribution in [0.3, 0.4) is 0 Å². The molecule has 2 atom stereocenters. The molecule has 1 aromatic rings. The molecule has 1 heterocycles. The zero-order chi connectivity index (χ0) is 14.9. The number of sulfonamides is 1. The minimum Gasteiger partial charge on any atom is -0.330 e. The Morgan fingerprint density at radius 2 is 2.14 bits per heavy atom. The first-order chi connectivity index (χ1) is 9.40. The Kier molecular flexibility index (Phi) is 5.76. The zero-order valence-electron chi connectivity index (χ0n) is 12.1. The molecule has 0 radical (unpaired) electrons. The lowest BCUT2D eigenvalue weighted by Gasteiger charge is -2.21. The van der Waals surface area contributed by atoms with Gasteiger partial charge in [0.1, 0.15) is 0 Å². The molecule has 1 fully saturated rings. The third kappa shape index (κ3) is 3.38. The van der Waals surface area contributed by atoms with Crippen molar-refractivity contribution >= 4 is 22.4 Å². The summed E-state index contributed by atoms with van der Waals surface area (Å²) in [5.74, 6) is 0.222. The highest BCUT2D eigenvalue weighted by Gasteiger charge is 2.37. The van der Waals surface area contributed by atoms with Gasteiger partial charge in [-0.3, -0.25) is 0 Å². The number of rotatable bonds is 3. The number of benzene rings is 1. The van der Waals surface area contributed by atoms with Gasteiger partial charge in [0.15, 0.2) is 0 Å². The molecule has 7 heteroatoms. The predicted octanol–water partition coefficient (Wildman–Crippen LogP) is 1.65. The molecule has 1 aliphatic heterocycles. The van der Waals surface area contributed by atoms with E-state index < -0.39 is 10.0 Å². The summed E-state index contributed by atoms with van der Waals surface area (Å²) in [6.07, 6.45) is 0.797. The van der Waals surface area contributed by atoms with Gasteiger partial charge in [-0.25, -0.2) is 8.42 Å². The Bertz CT molecular complexity index is 655. The van der Waals surface area contributed by atoms with Crippen LogP contribution in [0.5, 0.6) is 0 Å². The number of nitrogens with zero attached hydrogens (tertiary/aromatic N) is 2. The van der Waals surface area contributed by atoms with E-state index in [-0.39, 0.29) is 29.3 Å². The van der Waals surface area contributed by atoms with Gasteiger partial charge in [-0.2, -0.15) is 9.57 Å². The van der Waals surface area contributed by atoms with E-state index in [0.717, 1.165) is 6.42 Å². The summed E-state index contributed by atoms with van der Waals surface area (Å²) in [6, 6.07) is 6.63. The van der Waals surface area contributed by atoms with Crippen LogP contribution >= 0.6 is 12.4 Å². The van der Waals surface area contributed by atoms with Crippen molar-refractivity contribution in [2.45, 2.75) is 31.2 Å². The van der Waals surface area contributed by atoms with Crippen LogP contribution in [0.15, 0.2) is 23.1 Å². The Hall–Kier alpha value is -1.13. The van der Waals surface area contributed by atoms with Gasteiger partial charge in [-0.05, 0) is 56.5 Å². The molecule has 0 aromatic heterocycles. The second-order valence-electron chi connectivity index (χ2n) is 5.35. The molecule has 5 nitrogen and oxygen atoms in total. The molecule has 1 saturated heterocycles. The number of nitriles is 1. The van der Waals surface area contributed by atoms with Crippen molar-refractivity contribution in [1.29, 1.82) is 5.26 Å². The summed E-state index contributed by atoms with van der Waals surface area (Å²) in [7, 11) is -3.51. The van der Waals surface area contributed by atoms with Crippen molar-refractivity contribution in [2.24, 2.45) is 11.7 Å². The Labute approximate surface area is 132 Å². The number of nitrogens with two attached hydrogens (primary N) is 1. The molecule has 0 aliphatic carbocycles. The van der Waals surface area contributed by atoms with Crippen molar-refractivity contribution in [3.63, 3.8) is 0 Å². The summed E-state index contributed by atoms with van der Waals surface area (Å²) >= 11 is 0. The first-order valence-electron chi connectivity index (χ1n) is 6.62. The molecule has 21 heavy (non-hydrogen) atoms. The highest BCUT2D eigenvalue weighted by Crippen LogP contribution is 2.29. The molecular weight excluding hydrogens is 310 g/mol. The van der Waals surface area contributed by atoms with Crippen molar-refractivity contribution < 1.29 is 8.42 Å². The molecular formula is C14H20ClN3O2S. The molecule has 2 unspecified atom stereocenters. The quantitative estimate of drug-likeness (QED) is 0.913. The monoisotopic (exact) mass is 329 g/mol. The molecule has 0 bridgehead atoms. The van der Waals surface area contributed by atoms with Gasteiger partial charge >= 0.3 is 0 Å². The van der Waals surface area contributed by atoms with Gasteiger partial charge in [0.2, 0.25) is 10.0 Å². The van der Waals surface area contributed by atoms with Crippen LogP contribution in [0.1, 0.15) is 24.5 Å². The van der Waals surface area contributed by atoms with Crippen LogP contribution < -0.4 is 5.73 Å². The van der Waals surface area contributed by atoms with E-state index in [1.807, 2.05) is 13.0 Å². The molecule has 116 valence electrons. The lowest BCUT2D eigenvalue weighted by Crippen LogP contribution is -2.34. The second kappa shape index (κ2) is 6.75. The van der Waals surface area contributed by atoms with E-state index in [1.54, 1.807) is 19.1 Å². The number of halogens is 1. The van der Waals surface area contributed by atoms with Gasteiger partial charge in [0.25, 0.3) is 0 Å². The largest absolute Gasteiger partial charge is 0.330 e. The minimum atomic E-state index is -3.51. The Balaban J connectivity index is 0.00000220. The summed E-state index contributed by atoms with van der Waals surface area (Å²) in [4.78, 5) is 0.249. The normalized spacial score (nSPS) is 22.6. The van der Waals surface area contributed by atoms with E-state index >= 15 is 0 Å². The third-order valence-corrected chi connectivity index (χ3v) is 5.84. The SMILES string of the molecule is Cc1cc(S(=O)(=O)N2CC(CN)CC2C)ccc1C#N.Cl. The Morgan fingerprint density at radius 1 is 1.48 bits per heavy atom. The van der Waals surface area contributed by atoms with Crippen LogP contribution in [-0.4, -0.2) is 31.9 Å². The molecule has 2 rings (SSSR count). The van der Waals surface area contributed by atoms with Crippen LogP contribution in [0.4, 0.5) is 0 Å². The lowest BCUT2D eigenvalue weighted by atomic mass is 10.1. The van der Waals surface area contributed by atoms with Crippen molar-refractivity contribution in [3.8, 4) is 6.07 Å². The van der Waals surface area contributed by atoms with Gasteiger partial charge in [-0.15, -0.1) is 12.4 Å². The van der Waals surface area contributed by atoms with Crippen LogP contribution in [0, 0.1) is 24.2 Å². The summed E-state index contributed by atoms with van der Waals surface area (Å²) < 4.78 is 26.8. The Morgan fingerprint density at radius 3 is 2.62 bits per heavy atom. The van der Waals surface area contributed by atoms with E-state index in [4.69, 9.17) is 11.0 Å². The lowest BCUT2D eigenvalue weighted by molar-refractivity contribution is 0.404. The van der Waals surface area contributed by atoms with Crippen molar-refractivity contribution in [2.75, 3.05) is 13.1 Å². The van der Waals surface area contributed by atoms with E-state index in [9.17, 15) is 8.42 Å². The molecule has 0 spiro atoms. The maximum Gasteiger partial charge on any atom is 0.243 e. The average Bonchev–Trinajstić information content (AvgIpc) is 2.80. The third-order valence-electron chi connectivity index (χ3n) is 3.86. The summed E-state index contributed by atoms with van der Waals surface area (Å²) in [5.41, 5.74) is 6.82. The molecule has 1 aliphatic rings. The number of aryl methyl sites for hydroxylation is 1.